The van der Waals surface area contributed by atoms with Gasteiger partial charge < -0.3 is 10.2 Å². The number of hydrogen-bond acceptors (Lipinski definition) is 8. The fraction of sp³-hybridized carbons (Fsp3) is 0.306. The second-order valence-corrected chi connectivity index (χ2v) is 31.4. The summed E-state index contributed by atoms with van der Waals surface area (Å²) in [6.07, 6.45) is 0. The lowest BCUT2D eigenvalue weighted by Gasteiger charge is -2.32. The van der Waals surface area contributed by atoms with Gasteiger partial charge >= 0.3 is 0 Å². The molecule has 2 heterocycles. The lowest BCUT2D eigenvalue weighted by Crippen LogP contribution is -2.45. The van der Waals surface area contributed by atoms with Crippen molar-refractivity contribution in [3.05, 3.63) is 247 Å². The quantitative estimate of drug-likeness (QED) is 0.129. The van der Waals surface area contributed by atoms with Crippen molar-refractivity contribution in [1.82, 2.24) is 0 Å². The molecule has 0 bridgehead atoms. The first-order chi connectivity index (χ1) is 40.0. The molecule has 86 heavy (non-hydrogen) atoms. The van der Waals surface area contributed by atoms with Gasteiger partial charge in [-0.1, -0.05) is 202 Å². The van der Waals surface area contributed by atoms with E-state index in [1.807, 2.05) is 145 Å². The minimum atomic E-state index is -4.17. The molecule has 10 nitrogen and oxygen atoms in total. The molecule has 0 amide bonds. The number of hydrogen-bond donors (Lipinski definition) is 2. The Bertz CT molecular complexity index is 3800. The van der Waals surface area contributed by atoms with E-state index in [2.05, 4.69) is 0 Å². The van der Waals surface area contributed by atoms with Crippen LogP contribution in [0.5, 0.6) is 11.5 Å². The largest absolute Gasteiger partial charge is 0.507 e. The number of fused-ring (bicyclic) bond motifs is 2. The molecule has 0 saturated heterocycles. The molecule has 2 aliphatic rings. The van der Waals surface area contributed by atoms with Crippen LogP contribution >= 0.6 is 23.2 Å². The average molecular weight is 1230 g/mol. The van der Waals surface area contributed by atoms with Gasteiger partial charge in [0.05, 0.1) is 21.2 Å². The van der Waals surface area contributed by atoms with Crippen molar-refractivity contribution < 1.29 is 36.6 Å². The third-order valence-electron chi connectivity index (χ3n) is 16.3. The number of nitrogens with zero attached hydrogens (tertiary/aromatic N) is 2. The van der Waals surface area contributed by atoms with Gasteiger partial charge in [-0.05, 0) is 165 Å². The van der Waals surface area contributed by atoms with Crippen LogP contribution in [0.4, 0.5) is 11.4 Å². The average Bonchev–Trinajstić information content (AvgIpc) is 1.57. The number of carbonyl (C=O) groups is 2. The first-order valence-electron chi connectivity index (χ1n) is 28.8. The monoisotopic (exact) mass is 1230 g/mol. The van der Waals surface area contributed by atoms with Gasteiger partial charge in [0.15, 0.2) is 11.6 Å². The molecule has 8 aromatic rings. The molecule has 8 aromatic carbocycles. The molecule has 0 fully saturated rings. The summed E-state index contributed by atoms with van der Waals surface area (Å²) in [5.41, 5.74) is 7.82. The highest BCUT2D eigenvalue weighted by molar-refractivity contribution is 7.93. The normalized spacial score (nSPS) is 17.2. The van der Waals surface area contributed by atoms with Crippen LogP contribution in [0.1, 0.15) is 171 Å². The van der Waals surface area contributed by atoms with Crippen molar-refractivity contribution in [2.45, 2.75) is 152 Å². The lowest BCUT2D eigenvalue weighted by molar-refractivity contribution is 0.0952. The summed E-state index contributed by atoms with van der Waals surface area (Å²) in [5.74, 6) is -1.50. The summed E-state index contributed by atoms with van der Waals surface area (Å²) in [4.78, 5) is 29.4. The highest BCUT2D eigenvalue weighted by Crippen LogP contribution is 2.53. The van der Waals surface area contributed by atoms with Gasteiger partial charge in [0.25, 0.3) is 20.0 Å². The van der Waals surface area contributed by atoms with E-state index >= 15 is 0 Å². The Kier molecular flexibility index (Phi) is 17.0. The Morgan fingerprint density at radius 3 is 0.942 bits per heavy atom. The minimum absolute atomic E-state index is 0.110. The number of rotatable bonds is 10. The van der Waals surface area contributed by atoms with E-state index in [1.165, 1.54) is 8.61 Å². The second kappa shape index (κ2) is 23.1. The van der Waals surface area contributed by atoms with E-state index in [1.54, 1.807) is 121 Å². The predicted molar refractivity (Wildman–Crippen MR) is 348 cm³/mol. The summed E-state index contributed by atoms with van der Waals surface area (Å²) in [6.45, 7) is 28.2. The first-order valence-corrected chi connectivity index (χ1v) is 32.4. The number of para-hydroxylation sites is 2. The molecule has 0 saturated carbocycles. The van der Waals surface area contributed by atoms with Crippen LogP contribution in [0.15, 0.2) is 180 Å². The van der Waals surface area contributed by atoms with Gasteiger partial charge in [0.1, 0.15) is 23.6 Å². The number of phenols is 2. The SMILES string of the molecule is Cc1ccc(S(=O)(=O)N2c3ccccc3[C@@H](c3cc(C(C)(C)C)c(O)c(C(C)(C)C)c3)[C@@H]2C(=O)c2ccc(Cl)cc2)cc1.Cc1ccc(S(=O)(=O)N2c3ccccc3[C@H](c3cc(C(C)(C)C)c(O)c(C(C)(C)C)c3)[C@H]2C(=O)c2ccc(Cl)cc2)cc1. The maximum atomic E-state index is 14.6. The molecular weight excluding hydrogens is 1160 g/mol. The van der Waals surface area contributed by atoms with Crippen LogP contribution in [0, 0.1) is 13.8 Å². The van der Waals surface area contributed by atoms with Crippen LogP contribution in [0.25, 0.3) is 0 Å². The molecule has 0 aliphatic carbocycles. The van der Waals surface area contributed by atoms with Crippen molar-refractivity contribution in [2.75, 3.05) is 8.61 Å². The molecule has 0 spiro atoms. The van der Waals surface area contributed by atoms with E-state index < -0.39 is 65.6 Å². The van der Waals surface area contributed by atoms with Crippen molar-refractivity contribution in [3.8, 4) is 11.5 Å². The number of aryl methyl sites for hydroxylation is 2. The zero-order chi connectivity index (χ0) is 63.0. The molecule has 0 aromatic heterocycles. The van der Waals surface area contributed by atoms with Crippen LogP contribution in [0.3, 0.4) is 0 Å². The summed E-state index contributed by atoms with van der Waals surface area (Å²) in [6, 6.07) is 46.6. The summed E-state index contributed by atoms with van der Waals surface area (Å²) < 4.78 is 60.6. The lowest BCUT2D eigenvalue weighted by atomic mass is 9.75. The number of ketones is 2. The Morgan fingerprint density at radius 1 is 0.407 bits per heavy atom. The first kappa shape index (κ1) is 63.3. The Balaban J connectivity index is 0.000000205. The highest BCUT2D eigenvalue weighted by Gasteiger charge is 2.52. The summed E-state index contributed by atoms with van der Waals surface area (Å²) >= 11 is 12.3. The van der Waals surface area contributed by atoms with Crippen molar-refractivity contribution in [3.63, 3.8) is 0 Å². The van der Waals surface area contributed by atoms with Crippen molar-refractivity contribution >= 4 is 66.2 Å². The molecule has 14 heteroatoms. The number of Topliss-reactive ketones (excluding diaryl/α,β-unsaturated/α-hetero) is 2. The van der Waals surface area contributed by atoms with E-state index in [-0.39, 0.29) is 32.9 Å². The number of phenolic OH excluding ortho intramolecular Hbond substituents is 2. The predicted octanol–water partition coefficient (Wildman–Crippen LogP) is 17.1. The fourth-order valence-corrected chi connectivity index (χ4v) is 15.3. The molecule has 4 atom stereocenters. The number of anilines is 2. The minimum Gasteiger partial charge on any atom is -0.507 e. The van der Waals surface area contributed by atoms with Gasteiger partial charge in [-0.3, -0.25) is 18.2 Å². The van der Waals surface area contributed by atoms with Gasteiger partial charge in [-0.2, -0.15) is 0 Å². The highest BCUT2D eigenvalue weighted by atomic mass is 35.5. The molecule has 2 N–H and O–H groups in total. The Hall–Kier alpha value is -7.22. The number of carbonyl (C=O) groups excluding carboxylic acids is 2. The topological polar surface area (TPSA) is 149 Å². The fourth-order valence-electron chi connectivity index (χ4n) is 11.8. The number of aromatic hydroxyl groups is 2. The zero-order valence-corrected chi connectivity index (χ0v) is 54.4. The third kappa shape index (κ3) is 12.1. The maximum Gasteiger partial charge on any atom is 0.265 e. The molecule has 0 unspecified atom stereocenters. The van der Waals surface area contributed by atoms with E-state index in [4.69, 9.17) is 23.2 Å². The number of benzene rings is 8. The van der Waals surface area contributed by atoms with E-state index in [9.17, 15) is 36.6 Å². The summed E-state index contributed by atoms with van der Waals surface area (Å²) in [5, 5.41) is 23.9. The smallest absolute Gasteiger partial charge is 0.265 e. The number of sulfonamides is 2. The molecule has 448 valence electrons. The van der Waals surface area contributed by atoms with Gasteiger partial charge in [-0.15, -0.1) is 0 Å². The Labute approximate surface area is 518 Å². The van der Waals surface area contributed by atoms with Crippen molar-refractivity contribution in [2.24, 2.45) is 0 Å². The maximum absolute atomic E-state index is 14.6. The van der Waals surface area contributed by atoms with E-state index in [0.29, 0.717) is 32.5 Å². The van der Waals surface area contributed by atoms with Gasteiger partial charge in [-0.25, -0.2) is 16.8 Å². The number of halogens is 2. The summed E-state index contributed by atoms with van der Waals surface area (Å²) in [7, 11) is -8.34. The van der Waals surface area contributed by atoms with Gasteiger partial charge in [0.2, 0.25) is 0 Å². The van der Waals surface area contributed by atoms with Gasteiger partial charge in [0, 0.05) is 33.0 Å². The standard InChI is InChI=1S/2C36H38ClNO4S/c2*1-22-12-18-26(19-13-22)43(41,42)38-30-11-9-8-10-27(30)31(32(38)33(39)23-14-16-25(37)17-15-23)24-20-28(35(2,3)4)34(40)29(21-24)36(5,6)7/h2*8-21,31-32,40H,1-7H3/t2*31-,32-/m10/s1. The zero-order valence-electron chi connectivity index (χ0n) is 51.3. The molecular formula is C72H76Cl2N2O8S2. The molecule has 0 radical (unpaired) electrons. The molecule has 10 rings (SSSR count). The van der Waals surface area contributed by atoms with Crippen molar-refractivity contribution in [1.29, 1.82) is 0 Å². The van der Waals surface area contributed by atoms with Crippen LogP contribution in [0.2, 0.25) is 10.0 Å². The third-order valence-corrected chi connectivity index (χ3v) is 20.4. The Morgan fingerprint density at radius 2 is 0.674 bits per heavy atom. The second-order valence-electron chi connectivity index (χ2n) is 26.9. The van der Waals surface area contributed by atoms with Crippen LogP contribution < -0.4 is 8.61 Å². The van der Waals surface area contributed by atoms with E-state index in [0.717, 1.165) is 55.6 Å². The molecule has 2 aliphatic heterocycles. The van der Waals surface area contributed by atoms with Crippen LogP contribution in [-0.2, 0) is 41.7 Å². The van der Waals surface area contributed by atoms with Crippen LogP contribution in [-0.4, -0.2) is 50.7 Å².